The molecule has 0 aromatic carbocycles. The Morgan fingerprint density at radius 1 is 1.50 bits per heavy atom. The minimum absolute atomic E-state index is 0.0917. The second-order valence-electron chi connectivity index (χ2n) is 4.03. The molecular formula is C11H23N3O2. The molecule has 0 saturated carbocycles. The number of carbonyl (C=O) groups is 1. The number of oxime groups is 1. The lowest BCUT2D eigenvalue weighted by atomic mass is 10.1. The number of hydrogen-bond donors (Lipinski definition) is 3. The maximum Gasteiger partial charge on any atom is 0.222 e. The first-order valence-electron chi connectivity index (χ1n) is 5.85. The summed E-state index contributed by atoms with van der Waals surface area (Å²) in [6.45, 7) is 4.67. The van der Waals surface area contributed by atoms with Gasteiger partial charge in [0.1, 0.15) is 5.84 Å². The number of amidine groups is 1. The van der Waals surface area contributed by atoms with Crippen LogP contribution in [-0.2, 0) is 4.79 Å². The van der Waals surface area contributed by atoms with Crippen molar-refractivity contribution in [2.75, 3.05) is 6.54 Å². The van der Waals surface area contributed by atoms with Crippen LogP contribution in [0.5, 0.6) is 0 Å². The third-order valence-electron chi connectivity index (χ3n) is 2.46. The summed E-state index contributed by atoms with van der Waals surface area (Å²) in [4.78, 5) is 11.5. The van der Waals surface area contributed by atoms with Crippen LogP contribution in [-0.4, -0.2) is 23.5 Å². The quantitative estimate of drug-likeness (QED) is 0.193. The van der Waals surface area contributed by atoms with Gasteiger partial charge >= 0.3 is 0 Å². The molecule has 0 aliphatic rings. The van der Waals surface area contributed by atoms with E-state index in [9.17, 15) is 4.79 Å². The van der Waals surface area contributed by atoms with E-state index < -0.39 is 0 Å². The highest BCUT2D eigenvalue weighted by Gasteiger charge is 2.10. The molecule has 16 heavy (non-hydrogen) atoms. The zero-order chi connectivity index (χ0) is 12.4. The molecule has 0 heterocycles. The molecule has 0 bridgehead atoms. The molecule has 0 aliphatic carbocycles. The lowest BCUT2D eigenvalue weighted by Gasteiger charge is -2.10. The average molecular weight is 229 g/mol. The maximum atomic E-state index is 11.5. The van der Waals surface area contributed by atoms with Crippen molar-refractivity contribution in [2.45, 2.75) is 46.0 Å². The number of nitrogens with two attached hydrogens (primary N) is 1. The molecule has 0 rings (SSSR count). The van der Waals surface area contributed by atoms with Crippen LogP contribution in [0.3, 0.4) is 0 Å². The lowest BCUT2D eigenvalue weighted by Crippen LogP contribution is -2.30. The number of nitrogens with zero attached hydrogens (tertiary/aromatic N) is 1. The molecule has 5 nitrogen and oxygen atoms in total. The van der Waals surface area contributed by atoms with E-state index >= 15 is 0 Å². The molecule has 0 aromatic heterocycles. The van der Waals surface area contributed by atoms with Crippen molar-refractivity contribution >= 4 is 11.7 Å². The van der Waals surface area contributed by atoms with Gasteiger partial charge in [-0.05, 0) is 19.3 Å². The predicted octanol–water partition coefficient (Wildman–Crippen LogP) is 1.46. The van der Waals surface area contributed by atoms with E-state index in [1.165, 1.54) is 0 Å². The second-order valence-corrected chi connectivity index (χ2v) is 4.03. The van der Waals surface area contributed by atoms with E-state index in [0.717, 1.165) is 25.7 Å². The number of carbonyl (C=O) groups excluding carboxylic acids is 1. The Labute approximate surface area is 97.1 Å². The number of unbranched alkanes of at least 4 members (excludes halogenated alkanes) is 1. The van der Waals surface area contributed by atoms with Crippen molar-refractivity contribution < 1.29 is 10.0 Å². The largest absolute Gasteiger partial charge is 0.409 e. The lowest BCUT2D eigenvalue weighted by molar-refractivity contribution is -0.124. The van der Waals surface area contributed by atoms with Crippen molar-refractivity contribution in [1.82, 2.24) is 5.32 Å². The predicted molar refractivity (Wildman–Crippen MR) is 64.3 cm³/mol. The highest BCUT2D eigenvalue weighted by molar-refractivity contribution is 5.79. The molecule has 0 spiro atoms. The van der Waals surface area contributed by atoms with Gasteiger partial charge in [-0.1, -0.05) is 25.4 Å². The molecule has 0 radical (unpaired) electrons. The topological polar surface area (TPSA) is 87.7 Å². The van der Waals surface area contributed by atoms with Crippen molar-refractivity contribution in [3.05, 3.63) is 0 Å². The molecule has 1 unspecified atom stereocenters. The van der Waals surface area contributed by atoms with Gasteiger partial charge in [0.25, 0.3) is 0 Å². The van der Waals surface area contributed by atoms with Crippen LogP contribution in [0.1, 0.15) is 46.0 Å². The molecule has 0 saturated heterocycles. The van der Waals surface area contributed by atoms with Gasteiger partial charge in [0.2, 0.25) is 5.91 Å². The summed E-state index contributed by atoms with van der Waals surface area (Å²) in [5.74, 6) is 0.449. The van der Waals surface area contributed by atoms with E-state index in [4.69, 9.17) is 10.9 Å². The third-order valence-corrected chi connectivity index (χ3v) is 2.46. The highest BCUT2D eigenvalue weighted by atomic mass is 16.4. The van der Waals surface area contributed by atoms with Crippen molar-refractivity contribution in [3.8, 4) is 0 Å². The van der Waals surface area contributed by atoms with Crippen LogP contribution in [0.25, 0.3) is 0 Å². The Morgan fingerprint density at radius 3 is 2.75 bits per heavy atom. The molecule has 0 fully saturated rings. The molecule has 1 amide bonds. The fourth-order valence-electron chi connectivity index (χ4n) is 1.43. The summed E-state index contributed by atoms with van der Waals surface area (Å²) in [6.07, 6.45) is 4.18. The fraction of sp³-hybridized carbons (Fsp3) is 0.818. The summed E-state index contributed by atoms with van der Waals surface area (Å²) < 4.78 is 0. The van der Waals surface area contributed by atoms with Gasteiger partial charge in [-0.25, -0.2) is 0 Å². The van der Waals surface area contributed by atoms with Crippen LogP contribution in [0.15, 0.2) is 5.16 Å². The van der Waals surface area contributed by atoms with Gasteiger partial charge in [0, 0.05) is 18.9 Å². The number of hydrogen-bond acceptors (Lipinski definition) is 3. The second kappa shape index (κ2) is 9.00. The van der Waals surface area contributed by atoms with Crippen LogP contribution >= 0.6 is 0 Å². The first kappa shape index (κ1) is 14.7. The fourth-order valence-corrected chi connectivity index (χ4v) is 1.43. The van der Waals surface area contributed by atoms with E-state index in [1.807, 2.05) is 6.92 Å². The summed E-state index contributed by atoms with van der Waals surface area (Å²) >= 11 is 0. The summed E-state index contributed by atoms with van der Waals surface area (Å²) in [5, 5.41) is 14.1. The molecular weight excluding hydrogens is 206 g/mol. The molecule has 4 N–H and O–H groups in total. The standard InChI is InChI=1S/C11H23N3O2/c1-3-6-9(2)11(15)13-8-5-4-7-10(12)14-16/h9,16H,3-8H2,1-2H3,(H2,12,14)(H,13,15). The number of rotatable bonds is 8. The van der Waals surface area contributed by atoms with Gasteiger partial charge in [0.05, 0.1) is 0 Å². The summed E-state index contributed by atoms with van der Waals surface area (Å²) in [7, 11) is 0. The summed E-state index contributed by atoms with van der Waals surface area (Å²) in [6, 6.07) is 0. The van der Waals surface area contributed by atoms with Gasteiger partial charge in [-0.3, -0.25) is 4.79 Å². The Kier molecular flexibility index (Phi) is 8.29. The molecule has 1 atom stereocenters. The van der Waals surface area contributed by atoms with Crippen LogP contribution in [0.4, 0.5) is 0 Å². The van der Waals surface area contributed by atoms with E-state index in [-0.39, 0.29) is 17.7 Å². The van der Waals surface area contributed by atoms with Gasteiger partial charge in [0.15, 0.2) is 0 Å². The Hall–Kier alpha value is -1.26. The van der Waals surface area contributed by atoms with Gasteiger partial charge in [-0.15, -0.1) is 0 Å². The smallest absolute Gasteiger partial charge is 0.222 e. The SMILES string of the molecule is CCCC(C)C(=O)NCCCCC(N)=NO. The summed E-state index contributed by atoms with van der Waals surface area (Å²) in [5.41, 5.74) is 5.32. The van der Waals surface area contributed by atoms with Crippen LogP contribution < -0.4 is 11.1 Å². The molecule has 0 aliphatic heterocycles. The average Bonchev–Trinajstić information content (AvgIpc) is 2.28. The third kappa shape index (κ3) is 7.09. The van der Waals surface area contributed by atoms with Crippen molar-refractivity contribution in [2.24, 2.45) is 16.8 Å². The molecule has 5 heteroatoms. The van der Waals surface area contributed by atoms with E-state index in [2.05, 4.69) is 17.4 Å². The minimum Gasteiger partial charge on any atom is -0.409 e. The Morgan fingerprint density at radius 2 is 2.19 bits per heavy atom. The van der Waals surface area contributed by atoms with Gasteiger partial charge in [-0.2, -0.15) is 0 Å². The van der Waals surface area contributed by atoms with Crippen molar-refractivity contribution in [1.29, 1.82) is 0 Å². The number of nitrogens with one attached hydrogen (secondary N) is 1. The minimum atomic E-state index is 0.0917. The Bertz CT molecular complexity index is 229. The normalized spacial score (nSPS) is 13.5. The monoisotopic (exact) mass is 229 g/mol. The van der Waals surface area contributed by atoms with E-state index in [1.54, 1.807) is 0 Å². The molecule has 94 valence electrons. The van der Waals surface area contributed by atoms with Gasteiger partial charge < -0.3 is 16.3 Å². The highest BCUT2D eigenvalue weighted by Crippen LogP contribution is 2.04. The van der Waals surface area contributed by atoms with Crippen LogP contribution in [0, 0.1) is 5.92 Å². The first-order chi connectivity index (χ1) is 7.61. The molecule has 0 aromatic rings. The van der Waals surface area contributed by atoms with Crippen molar-refractivity contribution in [3.63, 3.8) is 0 Å². The zero-order valence-electron chi connectivity index (χ0n) is 10.2. The first-order valence-corrected chi connectivity index (χ1v) is 5.85. The zero-order valence-corrected chi connectivity index (χ0v) is 10.2. The number of amides is 1. The Balaban J connectivity index is 3.48. The van der Waals surface area contributed by atoms with E-state index in [0.29, 0.717) is 13.0 Å². The maximum absolute atomic E-state index is 11.5. The van der Waals surface area contributed by atoms with Crippen LogP contribution in [0.2, 0.25) is 0 Å².